The summed E-state index contributed by atoms with van der Waals surface area (Å²) >= 11 is 5.62. The molecule has 2 aromatic rings. The number of thiocarbonyl (C=S) groups is 1. The Morgan fingerprint density at radius 2 is 1.68 bits per heavy atom. The topological polar surface area (TPSA) is 117 Å². The average Bonchev–Trinajstić information content (AvgIpc) is 3.09. The first kappa shape index (κ1) is 27.6. The minimum Gasteiger partial charge on any atom is -0.494 e. The maximum atomic E-state index is 13.5. The van der Waals surface area contributed by atoms with Crippen molar-refractivity contribution >= 4 is 52.4 Å². The Morgan fingerprint density at radius 1 is 1.00 bits per heavy atom. The quantitative estimate of drug-likeness (QED) is 0.339. The number of carbonyl (C=O) groups excluding carboxylic acids is 4. The van der Waals surface area contributed by atoms with Crippen molar-refractivity contribution in [2.45, 2.75) is 33.2 Å². The van der Waals surface area contributed by atoms with E-state index in [0.29, 0.717) is 29.3 Å². The molecule has 196 valence electrons. The van der Waals surface area contributed by atoms with Crippen LogP contribution in [0.4, 0.5) is 11.4 Å². The lowest BCUT2D eigenvalue weighted by Crippen LogP contribution is -2.42. The van der Waals surface area contributed by atoms with Crippen molar-refractivity contribution in [2.24, 2.45) is 0 Å². The molecule has 1 aliphatic heterocycles. The zero-order valence-electron chi connectivity index (χ0n) is 21.0. The number of hydrogen-bond acceptors (Lipinski definition) is 7. The Hall–Kier alpha value is -3.99. The lowest BCUT2D eigenvalue weighted by molar-refractivity contribution is -0.124. The van der Waals surface area contributed by atoms with Crippen LogP contribution in [0.5, 0.6) is 5.75 Å². The fourth-order valence-electron chi connectivity index (χ4n) is 3.83. The molecule has 1 fully saturated rings. The fourth-order valence-corrected chi connectivity index (χ4v) is 4.24. The molecule has 37 heavy (non-hydrogen) atoms. The summed E-state index contributed by atoms with van der Waals surface area (Å²) < 4.78 is 10.4. The molecule has 2 N–H and O–H groups in total. The largest absolute Gasteiger partial charge is 0.494 e. The van der Waals surface area contributed by atoms with Crippen molar-refractivity contribution in [3.05, 3.63) is 54.1 Å². The molecule has 3 amide bonds. The number of hydrogen-bond donors (Lipinski definition) is 2. The summed E-state index contributed by atoms with van der Waals surface area (Å²) in [6.07, 6.45) is -0.161. The van der Waals surface area contributed by atoms with Crippen LogP contribution in [0, 0.1) is 0 Å². The molecule has 0 aromatic heterocycles. The summed E-state index contributed by atoms with van der Waals surface area (Å²) in [7, 11) is 0. The fraction of sp³-hybridized carbons (Fsp3) is 0.346. The van der Waals surface area contributed by atoms with Crippen LogP contribution in [-0.2, 0) is 19.1 Å². The van der Waals surface area contributed by atoms with Gasteiger partial charge in [0.25, 0.3) is 5.91 Å². The predicted octanol–water partition coefficient (Wildman–Crippen LogP) is 2.73. The first-order chi connectivity index (χ1) is 17.7. The lowest BCUT2D eigenvalue weighted by Gasteiger charge is -2.24. The number of nitrogens with zero attached hydrogens (tertiary/aromatic N) is 2. The maximum absolute atomic E-state index is 13.5. The van der Waals surface area contributed by atoms with E-state index >= 15 is 0 Å². The van der Waals surface area contributed by atoms with Crippen LogP contribution >= 0.6 is 12.2 Å². The van der Waals surface area contributed by atoms with Crippen LogP contribution in [0.3, 0.4) is 0 Å². The van der Waals surface area contributed by atoms with E-state index in [4.69, 9.17) is 21.7 Å². The molecule has 0 radical (unpaired) electrons. The Kier molecular flexibility index (Phi) is 9.56. The Labute approximate surface area is 220 Å². The van der Waals surface area contributed by atoms with Crippen LogP contribution in [-0.4, -0.2) is 66.0 Å². The standard InChI is InChI=1S/C26H30N4O6S/c1-4-35-21-12-10-20(11-13-21)30-24(33)22(29(26(30)37)15-14-27-17(3)31)16-23(32)28-19-8-6-18(7-9-19)25(34)36-5-2/h6-13,22H,4-5,14-16H2,1-3H3,(H,27,31)(H,28,32)/t22-/m0/s1. The average molecular weight is 527 g/mol. The predicted molar refractivity (Wildman–Crippen MR) is 143 cm³/mol. The minimum atomic E-state index is -0.855. The van der Waals surface area contributed by atoms with Gasteiger partial charge in [0.15, 0.2) is 5.11 Å². The maximum Gasteiger partial charge on any atom is 0.338 e. The van der Waals surface area contributed by atoms with Gasteiger partial charge in [-0.1, -0.05) is 0 Å². The summed E-state index contributed by atoms with van der Waals surface area (Å²) in [6, 6.07) is 12.4. The Bertz CT molecular complexity index is 1150. The molecular weight excluding hydrogens is 496 g/mol. The summed E-state index contributed by atoms with van der Waals surface area (Å²) in [5, 5.41) is 5.70. The van der Waals surface area contributed by atoms with Crippen molar-refractivity contribution in [3.63, 3.8) is 0 Å². The zero-order valence-corrected chi connectivity index (χ0v) is 21.8. The number of rotatable bonds is 11. The van der Waals surface area contributed by atoms with E-state index in [2.05, 4.69) is 10.6 Å². The molecule has 0 bridgehead atoms. The molecule has 1 aliphatic rings. The van der Waals surface area contributed by atoms with Gasteiger partial charge in [0, 0.05) is 25.7 Å². The second-order valence-electron chi connectivity index (χ2n) is 8.13. The highest BCUT2D eigenvalue weighted by Gasteiger charge is 2.43. The van der Waals surface area contributed by atoms with Gasteiger partial charge in [0.05, 0.1) is 30.9 Å². The van der Waals surface area contributed by atoms with E-state index in [1.165, 1.54) is 11.8 Å². The van der Waals surface area contributed by atoms with Gasteiger partial charge in [0.2, 0.25) is 11.8 Å². The van der Waals surface area contributed by atoms with Crippen molar-refractivity contribution in [3.8, 4) is 5.75 Å². The number of amides is 3. The SMILES string of the molecule is CCOC(=O)c1ccc(NC(=O)C[C@H]2C(=O)N(c3ccc(OCC)cc3)C(=S)N2CCNC(C)=O)cc1. The molecule has 1 atom stereocenters. The van der Waals surface area contributed by atoms with Gasteiger partial charge >= 0.3 is 5.97 Å². The molecule has 10 nitrogen and oxygen atoms in total. The van der Waals surface area contributed by atoms with Gasteiger partial charge in [-0.05, 0) is 74.6 Å². The number of benzene rings is 2. The first-order valence-electron chi connectivity index (χ1n) is 11.9. The molecule has 0 spiro atoms. The number of nitrogens with one attached hydrogen (secondary N) is 2. The van der Waals surface area contributed by atoms with Gasteiger partial charge < -0.3 is 25.0 Å². The van der Waals surface area contributed by atoms with Crippen molar-refractivity contribution in [1.29, 1.82) is 0 Å². The van der Waals surface area contributed by atoms with E-state index in [9.17, 15) is 19.2 Å². The third-order valence-electron chi connectivity index (χ3n) is 5.51. The number of anilines is 2. The van der Waals surface area contributed by atoms with Gasteiger partial charge in [-0.15, -0.1) is 0 Å². The molecule has 1 heterocycles. The van der Waals surface area contributed by atoms with Crippen LogP contribution in [0.25, 0.3) is 0 Å². The second-order valence-corrected chi connectivity index (χ2v) is 8.49. The van der Waals surface area contributed by atoms with Crippen LogP contribution in [0.15, 0.2) is 48.5 Å². The molecule has 2 aromatic carbocycles. The molecular formula is C26H30N4O6S. The van der Waals surface area contributed by atoms with Gasteiger partial charge in [-0.3, -0.25) is 19.3 Å². The van der Waals surface area contributed by atoms with Gasteiger partial charge in [-0.2, -0.15) is 0 Å². The third kappa shape index (κ3) is 7.04. The van der Waals surface area contributed by atoms with Crippen molar-refractivity contribution < 1.29 is 28.7 Å². The van der Waals surface area contributed by atoms with E-state index in [-0.39, 0.29) is 43.0 Å². The van der Waals surface area contributed by atoms with Crippen molar-refractivity contribution in [1.82, 2.24) is 10.2 Å². The monoisotopic (exact) mass is 526 g/mol. The molecule has 0 unspecified atom stereocenters. The highest BCUT2D eigenvalue weighted by molar-refractivity contribution is 7.80. The van der Waals surface area contributed by atoms with E-state index in [0.717, 1.165) is 0 Å². The molecule has 3 rings (SSSR count). The smallest absolute Gasteiger partial charge is 0.338 e. The number of carbonyl (C=O) groups is 4. The van der Waals surface area contributed by atoms with Crippen LogP contribution in [0.2, 0.25) is 0 Å². The zero-order chi connectivity index (χ0) is 26.9. The summed E-state index contributed by atoms with van der Waals surface area (Å²) in [5.74, 6) is -0.737. The Balaban J connectivity index is 1.75. The summed E-state index contributed by atoms with van der Waals surface area (Å²) in [5.41, 5.74) is 1.39. The van der Waals surface area contributed by atoms with Crippen LogP contribution < -0.4 is 20.3 Å². The highest BCUT2D eigenvalue weighted by atomic mass is 32.1. The first-order valence-corrected chi connectivity index (χ1v) is 12.3. The van der Waals surface area contributed by atoms with E-state index in [1.54, 1.807) is 60.4 Å². The van der Waals surface area contributed by atoms with Crippen LogP contribution in [0.1, 0.15) is 37.6 Å². The summed E-state index contributed by atoms with van der Waals surface area (Å²) in [4.78, 5) is 52.6. The second kappa shape index (κ2) is 12.8. The Morgan fingerprint density at radius 3 is 2.27 bits per heavy atom. The number of ether oxygens (including phenoxy) is 2. The number of esters is 1. The molecule has 0 aliphatic carbocycles. The summed E-state index contributed by atoms with van der Waals surface area (Å²) in [6.45, 7) is 6.29. The molecule has 0 saturated carbocycles. The lowest BCUT2D eigenvalue weighted by atomic mass is 10.1. The van der Waals surface area contributed by atoms with E-state index in [1.807, 2.05) is 6.92 Å². The minimum absolute atomic E-state index is 0.161. The molecule has 11 heteroatoms. The highest BCUT2D eigenvalue weighted by Crippen LogP contribution is 2.28. The van der Waals surface area contributed by atoms with Gasteiger partial charge in [0.1, 0.15) is 11.8 Å². The van der Waals surface area contributed by atoms with Crippen molar-refractivity contribution in [2.75, 3.05) is 36.5 Å². The van der Waals surface area contributed by atoms with Gasteiger partial charge in [-0.25, -0.2) is 4.79 Å². The normalized spacial score (nSPS) is 14.9. The third-order valence-corrected chi connectivity index (χ3v) is 5.93. The van der Waals surface area contributed by atoms with E-state index < -0.39 is 17.9 Å². The molecule has 1 saturated heterocycles.